The van der Waals surface area contributed by atoms with Gasteiger partial charge in [0.1, 0.15) is 5.82 Å². The fourth-order valence-corrected chi connectivity index (χ4v) is 1.80. The molecule has 1 aromatic rings. The van der Waals surface area contributed by atoms with Gasteiger partial charge in [-0.1, -0.05) is 0 Å². The van der Waals surface area contributed by atoms with Gasteiger partial charge in [-0.2, -0.15) is 0 Å². The van der Waals surface area contributed by atoms with Crippen LogP contribution in [0.4, 0.5) is 5.82 Å². The van der Waals surface area contributed by atoms with Crippen LogP contribution in [-0.2, 0) is 6.42 Å². The summed E-state index contributed by atoms with van der Waals surface area (Å²) >= 11 is 0. The maximum Gasteiger partial charge on any atom is 0.190 e. The van der Waals surface area contributed by atoms with Crippen LogP contribution >= 0.6 is 0 Å². The Morgan fingerprint density at radius 1 is 1.38 bits per heavy atom. The van der Waals surface area contributed by atoms with Gasteiger partial charge in [-0.3, -0.25) is 4.79 Å². The molecule has 2 heterocycles. The lowest BCUT2D eigenvalue weighted by Gasteiger charge is -2.12. The van der Waals surface area contributed by atoms with Crippen molar-refractivity contribution in [3.63, 3.8) is 0 Å². The van der Waals surface area contributed by atoms with Crippen LogP contribution in [0.5, 0.6) is 0 Å². The molecule has 0 unspecified atom stereocenters. The molecule has 13 heavy (non-hydrogen) atoms. The van der Waals surface area contributed by atoms with E-state index in [1.807, 2.05) is 20.9 Å². The maximum absolute atomic E-state index is 11.8. The molecule has 70 valence electrons. The number of aryl methyl sites for hydroxylation is 1. The number of aromatic amines is 1. The van der Waals surface area contributed by atoms with Crippen molar-refractivity contribution in [2.75, 3.05) is 18.5 Å². The van der Waals surface area contributed by atoms with Crippen LogP contribution in [0, 0.1) is 13.8 Å². The minimum atomic E-state index is 0.218. The fraction of sp³-hybridized carbons (Fsp3) is 0.500. The van der Waals surface area contributed by atoms with E-state index in [1.54, 1.807) is 0 Å². The summed E-state index contributed by atoms with van der Waals surface area (Å²) in [5.74, 6) is 1.01. The van der Waals surface area contributed by atoms with Crippen molar-refractivity contribution in [2.45, 2.75) is 20.3 Å². The van der Waals surface area contributed by atoms with Crippen molar-refractivity contribution in [1.29, 1.82) is 0 Å². The first kappa shape index (κ1) is 8.35. The second-order valence-electron chi connectivity index (χ2n) is 3.70. The standard InChI is InChI=1S/C10H14N2O/c1-6-7(2)11-10-8(9(6)13)4-5-12(10)3/h4-5H2,1-3H3,(H,11,13). The van der Waals surface area contributed by atoms with Gasteiger partial charge in [-0.05, 0) is 20.3 Å². The average Bonchev–Trinajstić information content (AvgIpc) is 2.45. The molecule has 3 nitrogen and oxygen atoms in total. The number of hydrogen-bond donors (Lipinski definition) is 1. The Morgan fingerprint density at radius 3 is 2.77 bits per heavy atom. The average molecular weight is 178 g/mol. The molecular weight excluding hydrogens is 164 g/mol. The lowest BCUT2D eigenvalue weighted by atomic mass is 10.1. The zero-order valence-corrected chi connectivity index (χ0v) is 8.27. The highest BCUT2D eigenvalue weighted by Gasteiger charge is 2.20. The molecule has 2 rings (SSSR count). The minimum Gasteiger partial charge on any atom is -0.361 e. The molecule has 0 fully saturated rings. The Kier molecular flexibility index (Phi) is 1.68. The second-order valence-corrected chi connectivity index (χ2v) is 3.70. The molecule has 0 bridgehead atoms. The Balaban J connectivity index is 2.74. The highest BCUT2D eigenvalue weighted by molar-refractivity contribution is 5.53. The molecular formula is C10H14N2O. The van der Waals surface area contributed by atoms with Gasteiger partial charge in [0.25, 0.3) is 0 Å². The van der Waals surface area contributed by atoms with Gasteiger partial charge >= 0.3 is 0 Å². The molecule has 1 N–H and O–H groups in total. The van der Waals surface area contributed by atoms with E-state index in [9.17, 15) is 4.79 Å². The third kappa shape index (κ3) is 1.07. The Morgan fingerprint density at radius 2 is 2.08 bits per heavy atom. The summed E-state index contributed by atoms with van der Waals surface area (Å²) in [6.45, 7) is 4.78. The molecule has 0 amide bonds. The third-order valence-electron chi connectivity index (χ3n) is 2.85. The first-order chi connectivity index (χ1) is 6.11. The molecule has 3 heteroatoms. The molecule has 1 aromatic heterocycles. The SMILES string of the molecule is Cc1[nH]c2c(c(=O)c1C)CCN2C. The zero-order chi connectivity index (χ0) is 9.59. The number of hydrogen-bond acceptors (Lipinski definition) is 2. The van der Waals surface area contributed by atoms with Crippen molar-refractivity contribution in [3.8, 4) is 0 Å². The normalized spacial score (nSPS) is 14.8. The maximum atomic E-state index is 11.8. The summed E-state index contributed by atoms with van der Waals surface area (Å²) in [6.07, 6.45) is 0.877. The molecule has 0 saturated heterocycles. The molecule has 0 saturated carbocycles. The van der Waals surface area contributed by atoms with E-state index in [2.05, 4.69) is 9.88 Å². The van der Waals surface area contributed by atoms with Crippen molar-refractivity contribution >= 4 is 5.82 Å². The number of rotatable bonds is 0. The van der Waals surface area contributed by atoms with Gasteiger partial charge < -0.3 is 9.88 Å². The number of fused-ring (bicyclic) bond motifs is 1. The van der Waals surface area contributed by atoms with E-state index >= 15 is 0 Å². The predicted octanol–water partition coefficient (Wildman–Crippen LogP) is 0.984. The van der Waals surface area contributed by atoms with E-state index in [1.165, 1.54) is 0 Å². The Bertz CT molecular complexity index is 406. The zero-order valence-electron chi connectivity index (χ0n) is 8.27. The van der Waals surface area contributed by atoms with E-state index < -0.39 is 0 Å². The first-order valence-corrected chi connectivity index (χ1v) is 4.54. The van der Waals surface area contributed by atoms with E-state index in [0.29, 0.717) is 0 Å². The van der Waals surface area contributed by atoms with E-state index in [0.717, 1.165) is 35.6 Å². The Labute approximate surface area is 77.4 Å². The van der Waals surface area contributed by atoms with Gasteiger partial charge in [-0.15, -0.1) is 0 Å². The number of nitrogens with one attached hydrogen (secondary N) is 1. The summed E-state index contributed by atoms with van der Waals surface area (Å²) < 4.78 is 0. The van der Waals surface area contributed by atoms with Crippen LogP contribution in [0.3, 0.4) is 0 Å². The number of likely N-dealkylation sites (N-methyl/N-ethyl adjacent to an activating group) is 1. The molecule has 0 aliphatic carbocycles. The lowest BCUT2D eigenvalue weighted by molar-refractivity contribution is 0.942. The number of nitrogens with zero attached hydrogens (tertiary/aromatic N) is 1. The molecule has 1 aliphatic heterocycles. The summed E-state index contributed by atoms with van der Waals surface area (Å²) in [4.78, 5) is 17.2. The van der Waals surface area contributed by atoms with Gasteiger partial charge in [-0.25, -0.2) is 0 Å². The lowest BCUT2D eigenvalue weighted by Crippen LogP contribution is -2.17. The molecule has 0 radical (unpaired) electrons. The van der Waals surface area contributed by atoms with Crippen molar-refractivity contribution < 1.29 is 0 Å². The van der Waals surface area contributed by atoms with E-state index in [-0.39, 0.29) is 5.43 Å². The fourth-order valence-electron chi connectivity index (χ4n) is 1.80. The highest BCUT2D eigenvalue weighted by atomic mass is 16.1. The summed E-state index contributed by atoms with van der Waals surface area (Å²) in [6, 6.07) is 0. The molecule has 0 spiro atoms. The topological polar surface area (TPSA) is 36.1 Å². The summed E-state index contributed by atoms with van der Waals surface area (Å²) in [7, 11) is 2.01. The van der Waals surface area contributed by atoms with Crippen LogP contribution in [0.2, 0.25) is 0 Å². The predicted molar refractivity (Wildman–Crippen MR) is 53.5 cm³/mol. The van der Waals surface area contributed by atoms with Gasteiger partial charge in [0.05, 0.1) is 0 Å². The van der Waals surface area contributed by atoms with Crippen LogP contribution in [0.15, 0.2) is 4.79 Å². The first-order valence-electron chi connectivity index (χ1n) is 4.54. The van der Waals surface area contributed by atoms with Crippen LogP contribution in [0.25, 0.3) is 0 Å². The van der Waals surface area contributed by atoms with E-state index in [4.69, 9.17) is 0 Å². The summed E-state index contributed by atoms with van der Waals surface area (Å²) in [5.41, 5.74) is 3.01. The quantitative estimate of drug-likeness (QED) is 0.643. The highest BCUT2D eigenvalue weighted by Crippen LogP contribution is 2.21. The van der Waals surface area contributed by atoms with Gasteiger partial charge in [0.15, 0.2) is 5.43 Å². The van der Waals surface area contributed by atoms with Gasteiger partial charge in [0.2, 0.25) is 0 Å². The van der Waals surface area contributed by atoms with Crippen molar-refractivity contribution in [1.82, 2.24) is 4.98 Å². The second kappa shape index (κ2) is 2.62. The van der Waals surface area contributed by atoms with Crippen LogP contribution < -0.4 is 10.3 Å². The van der Waals surface area contributed by atoms with Gasteiger partial charge in [0, 0.05) is 30.4 Å². The minimum absolute atomic E-state index is 0.218. The number of anilines is 1. The molecule has 0 aromatic carbocycles. The smallest absolute Gasteiger partial charge is 0.190 e. The van der Waals surface area contributed by atoms with Crippen LogP contribution in [0.1, 0.15) is 16.8 Å². The van der Waals surface area contributed by atoms with Crippen molar-refractivity contribution in [3.05, 3.63) is 27.0 Å². The van der Waals surface area contributed by atoms with Crippen molar-refractivity contribution in [2.24, 2.45) is 0 Å². The number of H-pyrrole nitrogens is 1. The largest absolute Gasteiger partial charge is 0.361 e. The summed E-state index contributed by atoms with van der Waals surface area (Å²) in [5, 5.41) is 0. The van der Waals surface area contributed by atoms with Crippen LogP contribution in [-0.4, -0.2) is 18.6 Å². The monoisotopic (exact) mass is 178 g/mol. The Hall–Kier alpha value is -1.25. The number of pyridine rings is 1. The molecule has 1 aliphatic rings. The third-order valence-corrected chi connectivity index (χ3v) is 2.85. The molecule has 0 atom stereocenters. The number of aromatic nitrogens is 1.